The molecule has 0 aromatic heterocycles. The van der Waals surface area contributed by atoms with Crippen LogP contribution in [-0.4, -0.2) is 16.6 Å². The van der Waals surface area contributed by atoms with Gasteiger partial charge >= 0.3 is 5.97 Å². The smallest absolute Gasteiger partial charge is 0.335 e. The van der Waals surface area contributed by atoms with Crippen molar-refractivity contribution in [2.75, 3.05) is 11.1 Å². The molecule has 0 bridgehead atoms. The zero-order valence-electron chi connectivity index (χ0n) is 9.99. The molecule has 1 aromatic carbocycles. The number of rotatable bonds is 4. The van der Waals surface area contributed by atoms with E-state index in [-0.39, 0.29) is 11.1 Å². The summed E-state index contributed by atoms with van der Waals surface area (Å²) in [6, 6.07) is 4.85. The van der Waals surface area contributed by atoms with E-state index in [9.17, 15) is 4.79 Å². The number of carboxylic acid groups (broad SMARTS) is 1. The van der Waals surface area contributed by atoms with Gasteiger partial charge in [0, 0.05) is 5.54 Å². The first-order valence-corrected chi connectivity index (χ1v) is 5.97. The third-order valence-electron chi connectivity index (χ3n) is 3.69. The Morgan fingerprint density at radius 3 is 2.65 bits per heavy atom. The van der Waals surface area contributed by atoms with Crippen molar-refractivity contribution in [3.63, 3.8) is 0 Å². The van der Waals surface area contributed by atoms with Crippen LogP contribution < -0.4 is 11.1 Å². The number of nitrogen functional groups attached to an aromatic ring is 1. The molecule has 0 saturated heterocycles. The van der Waals surface area contributed by atoms with Gasteiger partial charge in [-0.05, 0) is 43.9 Å². The highest BCUT2D eigenvalue weighted by atomic mass is 16.4. The Balaban J connectivity index is 2.19. The van der Waals surface area contributed by atoms with Gasteiger partial charge in [-0.3, -0.25) is 0 Å². The molecule has 17 heavy (non-hydrogen) atoms. The molecule has 0 atom stereocenters. The molecular formula is C13H18N2O2. The summed E-state index contributed by atoms with van der Waals surface area (Å²) < 4.78 is 0. The number of nitrogens with two attached hydrogens (primary N) is 1. The Kier molecular flexibility index (Phi) is 2.96. The summed E-state index contributed by atoms with van der Waals surface area (Å²) in [4.78, 5) is 10.8. The van der Waals surface area contributed by atoms with Gasteiger partial charge in [0.15, 0.2) is 0 Å². The number of benzene rings is 1. The van der Waals surface area contributed by atoms with Crippen molar-refractivity contribution >= 4 is 17.3 Å². The van der Waals surface area contributed by atoms with Crippen molar-refractivity contribution in [3.05, 3.63) is 23.8 Å². The monoisotopic (exact) mass is 234 g/mol. The molecule has 0 unspecified atom stereocenters. The van der Waals surface area contributed by atoms with E-state index in [1.165, 1.54) is 12.5 Å². The second-order valence-corrected chi connectivity index (χ2v) is 4.72. The fourth-order valence-corrected chi connectivity index (χ4v) is 2.27. The van der Waals surface area contributed by atoms with E-state index in [0.717, 1.165) is 24.9 Å². The minimum absolute atomic E-state index is 0.166. The normalized spacial score (nSPS) is 17.2. The fourth-order valence-electron chi connectivity index (χ4n) is 2.27. The highest BCUT2D eigenvalue weighted by Crippen LogP contribution is 2.39. The number of anilines is 2. The average molecular weight is 234 g/mol. The lowest BCUT2D eigenvalue weighted by atomic mass is 9.74. The maximum atomic E-state index is 10.8. The Labute approximate surface area is 101 Å². The molecular weight excluding hydrogens is 216 g/mol. The summed E-state index contributed by atoms with van der Waals surface area (Å²) in [7, 11) is 0. The predicted octanol–water partition coefficient (Wildman–Crippen LogP) is 2.71. The molecule has 4 N–H and O–H groups in total. The first kappa shape index (κ1) is 11.8. The molecule has 0 spiro atoms. The van der Waals surface area contributed by atoms with E-state index in [1.54, 1.807) is 12.1 Å². The fraction of sp³-hybridized carbons (Fsp3) is 0.462. The lowest BCUT2D eigenvalue weighted by Crippen LogP contribution is -2.44. The van der Waals surface area contributed by atoms with Gasteiger partial charge in [-0.15, -0.1) is 0 Å². The summed E-state index contributed by atoms with van der Waals surface area (Å²) in [6.45, 7) is 2.16. The molecule has 1 saturated carbocycles. The Hall–Kier alpha value is -1.71. The van der Waals surface area contributed by atoms with E-state index in [2.05, 4.69) is 12.2 Å². The number of nitrogens with one attached hydrogen (secondary N) is 1. The number of aromatic carboxylic acids is 1. The van der Waals surface area contributed by atoms with E-state index >= 15 is 0 Å². The quantitative estimate of drug-likeness (QED) is 0.700. The zero-order chi connectivity index (χ0) is 12.5. The van der Waals surface area contributed by atoms with Gasteiger partial charge in [-0.1, -0.05) is 6.92 Å². The van der Waals surface area contributed by atoms with Crippen LogP contribution in [0.15, 0.2) is 18.2 Å². The third kappa shape index (κ3) is 2.20. The van der Waals surface area contributed by atoms with Gasteiger partial charge in [0.25, 0.3) is 0 Å². The minimum atomic E-state index is -0.947. The van der Waals surface area contributed by atoms with Crippen LogP contribution in [0.2, 0.25) is 0 Å². The summed E-state index contributed by atoms with van der Waals surface area (Å²) in [5, 5.41) is 12.3. The Morgan fingerprint density at radius 1 is 1.53 bits per heavy atom. The van der Waals surface area contributed by atoms with Crippen LogP contribution in [0.25, 0.3) is 0 Å². The summed E-state index contributed by atoms with van der Waals surface area (Å²) in [6.07, 6.45) is 4.62. The van der Waals surface area contributed by atoms with E-state index in [1.807, 2.05) is 0 Å². The van der Waals surface area contributed by atoms with Gasteiger partial charge in [-0.25, -0.2) is 4.79 Å². The second-order valence-electron chi connectivity index (χ2n) is 4.72. The van der Waals surface area contributed by atoms with Gasteiger partial charge in [0.1, 0.15) is 0 Å². The SMILES string of the molecule is CCC1(Nc2ccc(C(=O)O)cc2N)CCC1. The van der Waals surface area contributed by atoms with Gasteiger partial charge in [0.05, 0.1) is 16.9 Å². The lowest BCUT2D eigenvalue weighted by molar-refractivity contribution is 0.0697. The topological polar surface area (TPSA) is 75.3 Å². The molecule has 0 radical (unpaired) electrons. The maximum Gasteiger partial charge on any atom is 0.335 e. The molecule has 0 amide bonds. The largest absolute Gasteiger partial charge is 0.478 e. The molecule has 92 valence electrons. The van der Waals surface area contributed by atoms with E-state index in [0.29, 0.717) is 5.69 Å². The van der Waals surface area contributed by atoms with Crippen molar-refractivity contribution in [1.82, 2.24) is 0 Å². The van der Waals surface area contributed by atoms with Crippen LogP contribution >= 0.6 is 0 Å². The number of hydrogen-bond acceptors (Lipinski definition) is 3. The molecule has 0 heterocycles. The van der Waals surface area contributed by atoms with Crippen molar-refractivity contribution in [2.24, 2.45) is 0 Å². The van der Waals surface area contributed by atoms with Crippen molar-refractivity contribution in [2.45, 2.75) is 38.1 Å². The van der Waals surface area contributed by atoms with Crippen LogP contribution in [0, 0.1) is 0 Å². The van der Waals surface area contributed by atoms with Crippen LogP contribution in [0.5, 0.6) is 0 Å². The Bertz CT molecular complexity index is 434. The zero-order valence-corrected chi connectivity index (χ0v) is 9.99. The van der Waals surface area contributed by atoms with E-state index < -0.39 is 5.97 Å². The molecule has 4 nitrogen and oxygen atoms in total. The van der Waals surface area contributed by atoms with Crippen LogP contribution in [-0.2, 0) is 0 Å². The van der Waals surface area contributed by atoms with Crippen molar-refractivity contribution < 1.29 is 9.90 Å². The van der Waals surface area contributed by atoms with Crippen LogP contribution in [0.1, 0.15) is 43.0 Å². The molecule has 1 aliphatic rings. The summed E-state index contributed by atoms with van der Waals surface area (Å²) >= 11 is 0. The number of carbonyl (C=O) groups is 1. The Morgan fingerprint density at radius 2 is 2.24 bits per heavy atom. The molecule has 2 rings (SSSR count). The van der Waals surface area contributed by atoms with Gasteiger partial charge < -0.3 is 16.2 Å². The average Bonchev–Trinajstić information content (AvgIpc) is 2.25. The highest BCUT2D eigenvalue weighted by Gasteiger charge is 2.35. The number of hydrogen-bond donors (Lipinski definition) is 3. The molecule has 4 heteroatoms. The highest BCUT2D eigenvalue weighted by molar-refractivity contribution is 5.90. The molecule has 1 fully saturated rings. The first-order valence-electron chi connectivity index (χ1n) is 5.97. The summed E-state index contributed by atoms with van der Waals surface area (Å²) in [5.41, 5.74) is 7.62. The minimum Gasteiger partial charge on any atom is -0.478 e. The molecule has 0 aliphatic heterocycles. The van der Waals surface area contributed by atoms with Crippen molar-refractivity contribution in [1.29, 1.82) is 0 Å². The van der Waals surface area contributed by atoms with Crippen LogP contribution in [0.4, 0.5) is 11.4 Å². The molecule has 1 aromatic rings. The predicted molar refractivity (Wildman–Crippen MR) is 68.3 cm³/mol. The van der Waals surface area contributed by atoms with Crippen LogP contribution in [0.3, 0.4) is 0 Å². The summed E-state index contributed by atoms with van der Waals surface area (Å²) in [5.74, 6) is -0.947. The third-order valence-corrected chi connectivity index (χ3v) is 3.69. The lowest BCUT2D eigenvalue weighted by Gasteiger charge is -2.43. The maximum absolute atomic E-state index is 10.8. The van der Waals surface area contributed by atoms with Gasteiger partial charge in [-0.2, -0.15) is 0 Å². The number of carboxylic acids is 1. The first-order chi connectivity index (χ1) is 8.06. The molecule has 1 aliphatic carbocycles. The van der Waals surface area contributed by atoms with Gasteiger partial charge in [0.2, 0.25) is 0 Å². The van der Waals surface area contributed by atoms with Crippen molar-refractivity contribution in [3.8, 4) is 0 Å². The second kappa shape index (κ2) is 4.28. The standard InChI is InChI=1S/C13H18N2O2/c1-2-13(6-3-7-13)15-11-5-4-9(12(16)17)8-10(11)14/h4-5,8,15H,2-3,6-7,14H2,1H3,(H,16,17). The van der Waals surface area contributed by atoms with E-state index in [4.69, 9.17) is 10.8 Å².